The lowest BCUT2D eigenvalue weighted by atomic mass is 9.44. The van der Waals surface area contributed by atoms with Crippen LogP contribution in [-0.2, 0) is 0 Å². The quantitative estimate of drug-likeness (QED) is 0.0429. The van der Waals surface area contributed by atoms with Crippen molar-refractivity contribution in [3.63, 3.8) is 0 Å². The van der Waals surface area contributed by atoms with Gasteiger partial charge in [-0.15, -0.1) is 0 Å². The van der Waals surface area contributed by atoms with Gasteiger partial charge in [0.15, 0.2) is 11.5 Å². The molecule has 9 atom stereocenters. The summed E-state index contributed by atoms with van der Waals surface area (Å²) >= 11 is 0. The van der Waals surface area contributed by atoms with E-state index in [1.165, 1.54) is 135 Å². The van der Waals surface area contributed by atoms with Gasteiger partial charge in [-0.2, -0.15) is 0 Å². The van der Waals surface area contributed by atoms with Gasteiger partial charge in [0.1, 0.15) is 33.8 Å². The predicted octanol–water partition coefficient (Wildman–Crippen LogP) is 14.0. The first-order chi connectivity index (χ1) is 38.6. The Kier molecular flexibility index (Phi) is 18.3. The van der Waals surface area contributed by atoms with Gasteiger partial charge in [0, 0.05) is 11.1 Å². The minimum Gasteiger partial charge on any atom is -0.496 e. The molecule has 434 valence electrons. The molecule has 6 N–H and O–H groups in total. The molecule has 4 aromatic rings. The summed E-state index contributed by atoms with van der Waals surface area (Å²) in [5.41, 5.74) is -0.0547. The molecule has 0 aromatic heterocycles. The molecule has 8 rings (SSSR count). The Morgan fingerprint density at radius 3 is 1.56 bits per heavy atom. The number of carbonyl (C=O) groups is 6. The number of methoxy groups -OCH3 is 4. The average molecular weight is 1110 g/mol. The average Bonchev–Trinajstić information content (AvgIpc) is 4.09. The highest BCUT2D eigenvalue weighted by atomic mass is 16.5. The Hall–Kier alpha value is -7.36. The van der Waals surface area contributed by atoms with Crippen LogP contribution in [0.5, 0.6) is 23.0 Å². The van der Waals surface area contributed by atoms with E-state index in [1.54, 1.807) is 0 Å². The number of carboxylic acid groups (broad SMARTS) is 4. The standard InChI is InChI=1S/C65H80N2O14/c1-35(2)12-10-13-36(3)49-20-21-50-44-19-18-42-28-37(24-26-64(42,4)51(44)25-27-65(49,50)5)14-11-15-43(40-31-47(62(74)75)56(80-8)52(33-40)66-58(68)38-16-22-54(78-6)45(29-38)60(70)71)41-32-48(63(76)77)57(81-9)53(34-41)67-59(69)39-17-23-55(79-7)46(30-39)61(72)73/h15-17,22-23,29-37,42,44,49-51H,10-14,18-21,24-28H2,1-9H3,(H,66,68)(H,67,69)(H,70,71)(H,72,73)(H,74,75)(H,76,77)/t36-,37+,42?,44+,49-,50+,51+,64+,65-/m1/s1. The molecule has 16 heteroatoms. The molecule has 0 saturated heterocycles. The summed E-state index contributed by atoms with van der Waals surface area (Å²) in [5, 5.41) is 46.7. The summed E-state index contributed by atoms with van der Waals surface area (Å²) in [6.07, 6.45) is 18.3. The number of nitrogens with one attached hydrogen (secondary N) is 2. The minimum absolute atomic E-state index is 0.0209. The zero-order valence-corrected chi connectivity index (χ0v) is 48.2. The topological polar surface area (TPSA) is 244 Å². The van der Waals surface area contributed by atoms with E-state index in [4.69, 9.17) is 18.9 Å². The van der Waals surface area contributed by atoms with Gasteiger partial charge >= 0.3 is 23.9 Å². The van der Waals surface area contributed by atoms with Crippen LogP contribution in [0.1, 0.15) is 198 Å². The molecule has 0 spiro atoms. The molecule has 4 aliphatic rings. The van der Waals surface area contributed by atoms with Gasteiger partial charge in [0.05, 0.1) is 39.8 Å². The lowest BCUT2D eigenvalue weighted by Crippen LogP contribution is -2.53. The Bertz CT molecular complexity index is 2960. The number of fused-ring (bicyclic) bond motifs is 5. The van der Waals surface area contributed by atoms with Gasteiger partial charge in [-0.1, -0.05) is 60.0 Å². The van der Waals surface area contributed by atoms with E-state index in [0.717, 1.165) is 67.4 Å². The van der Waals surface area contributed by atoms with Crippen LogP contribution in [0.4, 0.5) is 11.4 Å². The van der Waals surface area contributed by atoms with Crippen LogP contribution in [0.15, 0.2) is 66.7 Å². The summed E-state index contributed by atoms with van der Waals surface area (Å²) in [6, 6.07) is 13.4. The molecule has 0 aliphatic heterocycles. The van der Waals surface area contributed by atoms with Crippen molar-refractivity contribution in [3.05, 3.63) is 111 Å². The maximum absolute atomic E-state index is 14.0. The second-order valence-corrected chi connectivity index (χ2v) is 24.2. The predicted molar refractivity (Wildman–Crippen MR) is 309 cm³/mol. The van der Waals surface area contributed by atoms with Gasteiger partial charge in [-0.25, -0.2) is 19.2 Å². The monoisotopic (exact) mass is 1110 g/mol. The molecule has 2 amide bonds. The van der Waals surface area contributed by atoms with Crippen molar-refractivity contribution in [2.45, 2.75) is 125 Å². The highest BCUT2D eigenvalue weighted by Gasteiger charge is 2.60. The van der Waals surface area contributed by atoms with Crippen LogP contribution in [0, 0.1) is 58.2 Å². The first kappa shape index (κ1) is 59.8. The van der Waals surface area contributed by atoms with Gasteiger partial charge in [-0.3, -0.25) is 9.59 Å². The fourth-order valence-electron chi connectivity index (χ4n) is 15.4. The van der Waals surface area contributed by atoms with Gasteiger partial charge in [0.2, 0.25) is 0 Å². The molecule has 16 nitrogen and oxygen atoms in total. The molecule has 81 heavy (non-hydrogen) atoms. The number of aromatic carboxylic acids is 4. The second-order valence-electron chi connectivity index (χ2n) is 24.2. The van der Waals surface area contributed by atoms with Gasteiger partial charge < -0.3 is 50.0 Å². The largest absolute Gasteiger partial charge is 0.496 e. The molecule has 0 bridgehead atoms. The minimum atomic E-state index is -1.41. The molecule has 4 fully saturated rings. The number of allylic oxidation sites excluding steroid dienone is 1. The van der Waals surface area contributed by atoms with E-state index < -0.39 is 35.7 Å². The molecular weight excluding hydrogens is 1030 g/mol. The first-order valence-electron chi connectivity index (χ1n) is 28.6. The molecule has 4 aromatic carbocycles. The third-order valence-corrected chi connectivity index (χ3v) is 19.4. The number of rotatable bonds is 22. The van der Waals surface area contributed by atoms with Crippen LogP contribution in [0.3, 0.4) is 0 Å². The van der Waals surface area contributed by atoms with Crippen molar-refractivity contribution in [2.24, 2.45) is 58.2 Å². The smallest absolute Gasteiger partial charge is 0.339 e. The fourth-order valence-corrected chi connectivity index (χ4v) is 15.4. The number of anilines is 2. The zero-order chi connectivity index (χ0) is 58.7. The number of carbonyl (C=O) groups excluding carboxylic acids is 2. The van der Waals surface area contributed by atoms with E-state index in [-0.39, 0.29) is 84.3 Å². The SMILES string of the molecule is COc1ccc(C(=O)Nc2cc(C(=CCC[C@H]3CC[C@@]4(C)C(CC[C@H]5[C@@H]6CC[C@H]([C@H](C)CCCC(C)C)[C@@]6(C)CC[C@@H]54)C3)c3cc(NC(=O)c4ccc(OC)c(C(=O)O)c4)c(OC)c(C(=O)O)c3)cc(C(=O)O)c2OC)cc1C(=O)O. The zero-order valence-electron chi connectivity index (χ0n) is 48.2. The van der Waals surface area contributed by atoms with Crippen LogP contribution in [0.25, 0.3) is 5.57 Å². The summed E-state index contributed by atoms with van der Waals surface area (Å²) in [4.78, 5) is 78.6. The number of amides is 2. The Balaban J connectivity index is 1.13. The van der Waals surface area contributed by atoms with Gasteiger partial charge in [-0.05, 0) is 206 Å². The van der Waals surface area contributed by atoms with Crippen molar-refractivity contribution in [3.8, 4) is 23.0 Å². The van der Waals surface area contributed by atoms with E-state index in [0.29, 0.717) is 35.2 Å². The number of benzene rings is 4. The third kappa shape index (κ3) is 12.2. The van der Waals surface area contributed by atoms with E-state index in [9.17, 15) is 49.2 Å². The lowest BCUT2D eigenvalue weighted by molar-refractivity contribution is -0.121. The Morgan fingerprint density at radius 2 is 1.07 bits per heavy atom. The highest BCUT2D eigenvalue weighted by molar-refractivity contribution is 6.10. The van der Waals surface area contributed by atoms with Crippen molar-refractivity contribution in [1.82, 2.24) is 0 Å². The van der Waals surface area contributed by atoms with Crippen molar-refractivity contribution >= 4 is 52.6 Å². The van der Waals surface area contributed by atoms with Gasteiger partial charge in [0.25, 0.3) is 11.8 Å². The van der Waals surface area contributed by atoms with E-state index in [1.807, 2.05) is 6.08 Å². The highest BCUT2D eigenvalue weighted by Crippen LogP contribution is 2.69. The molecule has 0 heterocycles. The number of hydrogen-bond acceptors (Lipinski definition) is 10. The van der Waals surface area contributed by atoms with Crippen LogP contribution >= 0.6 is 0 Å². The summed E-state index contributed by atoms with van der Waals surface area (Å²) in [7, 11) is 5.09. The number of carboxylic acids is 4. The number of ether oxygens (including phenoxy) is 4. The molecule has 4 saturated carbocycles. The van der Waals surface area contributed by atoms with Crippen molar-refractivity contribution < 1.29 is 68.1 Å². The van der Waals surface area contributed by atoms with E-state index >= 15 is 0 Å². The van der Waals surface area contributed by atoms with Crippen molar-refractivity contribution in [2.75, 3.05) is 39.1 Å². The Labute approximate surface area is 475 Å². The van der Waals surface area contributed by atoms with Crippen LogP contribution < -0.4 is 29.6 Å². The van der Waals surface area contributed by atoms with E-state index in [2.05, 4.69) is 45.3 Å². The first-order valence-corrected chi connectivity index (χ1v) is 28.6. The third-order valence-electron chi connectivity index (χ3n) is 19.4. The normalized spacial score (nSPS) is 24.1. The molecular formula is C65H80N2O14. The maximum atomic E-state index is 14.0. The lowest BCUT2D eigenvalue weighted by Gasteiger charge is -2.61. The Morgan fingerprint density at radius 1 is 0.580 bits per heavy atom. The molecule has 1 unspecified atom stereocenters. The summed E-state index contributed by atoms with van der Waals surface area (Å²) < 4.78 is 21.6. The van der Waals surface area contributed by atoms with Crippen LogP contribution in [-0.4, -0.2) is 84.6 Å². The van der Waals surface area contributed by atoms with Crippen molar-refractivity contribution in [1.29, 1.82) is 0 Å². The summed E-state index contributed by atoms with van der Waals surface area (Å²) in [6.45, 7) is 12.4. The molecule has 0 radical (unpaired) electrons. The molecule has 4 aliphatic carbocycles. The second kappa shape index (κ2) is 24.8. The fraction of sp³-hybridized carbons (Fsp3) is 0.508. The number of hydrogen-bond donors (Lipinski definition) is 6. The maximum Gasteiger partial charge on any atom is 0.339 e. The summed E-state index contributed by atoms with van der Waals surface area (Å²) in [5.74, 6) is -1.90. The van der Waals surface area contributed by atoms with Crippen LogP contribution in [0.2, 0.25) is 0 Å².